The van der Waals surface area contributed by atoms with E-state index in [1.807, 2.05) is 6.92 Å². The van der Waals surface area contributed by atoms with Crippen molar-refractivity contribution < 1.29 is 117 Å². The topological polar surface area (TPSA) is 664 Å². The molecule has 45 heteroatoms. The zero-order valence-corrected chi connectivity index (χ0v) is 75.8. The molecule has 3 aliphatic heterocycles. The predicted molar refractivity (Wildman–Crippen MR) is 484 cm³/mol. The lowest BCUT2D eigenvalue weighted by Crippen LogP contribution is -2.62. The van der Waals surface area contributed by atoms with Crippen LogP contribution in [0, 0.1) is 6.92 Å². The molecular weight excluding hydrogens is 1770 g/mol. The molecule has 2 aromatic heterocycles. The molecule has 15 atom stereocenters. The molecule has 3 aliphatic rings. The molecule has 4 aromatic carbocycles. The number of thioether (sulfide) groups is 1. The lowest BCUT2D eigenvalue weighted by molar-refractivity contribution is -0.150. The van der Waals surface area contributed by atoms with E-state index in [0.29, 0.717) is 44.9 Å². The molecule has 6 aromatic rings. The number of para-hydroxylation sites is 2. The molecule has 16 amide bonds. The number of hydrogen-bond donors (Lipinski definition) is 20. The number of fused-ring (bicyclic) bond motifs is 4. The quantitative estimate of drug-likeness (QED) is 0.0273. The number of nitrogens with zero attached hydrogens (tertiary/aromatic N) is 5. The predicted octanol–water partition coefficient (Wildman–Crippen LogP) is -4.24. The number of primary amides is 1. The van der Waals surface area contributed by atoms with Crippen LogP contribution in [0.25, 0.3) is 21.8 Å². The van der Waals surface area contributed by atoms with Crippen LogP contribution in [0.5, 0.6) is 11.5 Å². The number of aliphatic hydroxyl groups is 2. The normalized spacial score (nSPS) is 24.8. The Kier molecular flexibility index (Phi) is 38.1. The van der Waals surface area contributed by atoms with Gasteiger partial charge in [0, 0.05) is 113 Å². The number of aliphatic carboxylic acids is 2. The molecule has 23 N–H and O–H groups in total. The van der Waals surface area contributed by atoms with Gasteiger partial charge in [-0.05, 0) is 111 Å². The zero-order chi connectivity index (χ0) is 97.9. The van der Waals surface area contributed by atoms with Crippen LogP contribution in [0.2, 0.25) is 0 Å². The standard InChI is InChI=1S/C89H118N20O24S/c1-7-8-21-69-89(132)107(6)71(44-133-54-16-13-15-47(2)32-54)84(127)97-59(29-30-90)78(121)104-67(77(120)95-41-72(92)113)45-134-46-73(114)96-62(33-49-23-25-52(111)26-24-49)85(128)105(4)48(3)76(119)100-64(37-75(117)118)88(131)108-31-14-22-68(108)82(125)102-65(38-91)80(123)98-60(27-28-74(115)116)87(130)109-42-53(112)36-70(109)83(126)99-61(34-50-39-93-57-19-11-9-17-55(50)57)79(122)103-66(43-110)81(124)101-63(86(129)106(69)5)35-51-40-94-58-20-12-10-18-56(51)58/h9-13,15-20,23-26,32,39-40,48,53,59-71,93-94,110-112H,7-8,14,21-22,27-31,33-38,41-46,90-91H2,1-6H3,(H2,92,113)(H,95,120)(H,96,114)(H,97,127)(H,98,123)(H,99,126)(H,100,119)(H,101,124)(H,102,125)(H,103,122)(H,104,121)(H,115,116)(H,117,118). The van der Waals surface area contributed by atoms with Crippen LogP contribution in [-0.4, -0.2) is 336 Å². The summed E-state index contributed by atoms with van der Waals surface area (Å²) in [6.45, 7) is 0.401. The number of carbonyl (C=O) groups excluding carboxylic acids is 16. The summed E-state index contributed by atoms with van der Waals surface area (Å²) in [7, 11) is 3.70. The van der Waals surface area contributed by atoms with Gasteiger partial charge in [0.25, 0.3) is 0 Å². The minimum absolute atomic E-state index is 0.0823. The molecule has 134 heavy (non-hydrogen) atoms. The van der Waals surface area contributed by atoms with Crippen LogP contribution in [0.15, 0.2) is 109 Å². The van der Waals surface area contributed by atoms with Crippen LogP contribution in [0.4, 0.5) is 0 Å². The number of carbonyl (C=O) groups is 18. The number of nitrogens with one attached hydrogen (secondary N) is 12. The van der Waals surface area contributed by atoms with Crippen molar-refractivity contribution in [3.05, 3.63) is 132 Å². The molecule has 0 saturated carbocycles. The van der Waals surface area contributed by atoms with Crippen molar-refractivity contribution in [2.75, 3.05) is 78.6 Å². The number of H-pyrrole nitrogens is 2. The van der Waals surface area contributed by atoms with Gasteiger partial charge in [-0.2, -0.15) is 0 Å². The molecule has 5 heterocycles. The molecule has 0 aliphatic carbocycles. The average Bonchev–Trinajstić information content (AvgIpc) is 1.62. The molecule has 44 nitrogen and oxygen atoms in total. The van der Waals surface area contributed by atoms with Crippen LogP contribution in [0.3, 0.4) is 0 Å². The number of aromatic hydroxyl groups is 1. The first-order valence-corrected chi connectivity index (χ1v) is 45.0. The van der Waals surface area contributed by atoms with Crippen LogP contribution in [-0.2, 0) is 106 Å². The Hall–Kier alpha value is -13.8. The molecule has 724 valence electrons. The molecule has 3 saturated heterocycles. The van der Waals surface area contributed by atoms with Gasteiger partial charge in [-0.15, -0.1) is 11.8 Å². The fourth-order valence-electron chi connectivity index (χ4n) is 16.0. The van der Waals surface area contributed by atoms with Crippen molar-refractivity contribution in [1.29, 1.82) is 0 Å². The third kappa shape index (κ3) is 28.1. The number of unbranched alkanes of at least 4 members (excludes halogenated alkanes) is 1. The molecule has 0 bridgehead atoms. The van der Waals surface area contributed by atoms with Gasteiger partial charge in [-0.1, -0.05) is 80.4 Å². The highest BCUT2D eigenvalue weighted by Crippen LogP contribution is 2.28. The lowest BCUT2D eigenvalue weighted by Gasteiger charge is -2.36. The second-order valence-corrected chi connectivity index (χ2v) is 34.3. The smallest absolute Gasteiger partial charge is 0.305 e. The maximum atomic E-state index is 15.8. The third-order valence-corrected chi connectivity index (χ3v) is 24.6. The van der Waals surface area contributed by atoms with Gasteiger partial charge in [0.2, 0.25) is 94.5 Å². The number of hydrogen-bond acceptors (Lipinski definition) is 25. The Bertz CT molecular complexity index is 5270. The minimum Gasteiger partial charge on any atom is -0.508 e. The SMILES string of the molecule is CCCCC1C(=O)N(C)C(COc2cccc(C)c2)C(=O)NC(CCN)C(=O)NC(C(=O)NCC(N)=O)CSCC(=O)NC(Cc2ccc(O)cc2)C(=O)N(C)C(C)C(=O)NC(CC(=O)O)C(=O)N2CCCC2C(=O)NC(CN)C(=O)NC(CCC(=O)O)C(=O)N2CC(O)CC2C(=O)NC(Cc2c[nH]c3ccccc23)C(=O)NC(CO)C(=O)NC(Cc2c[nH]c3ccccc23)C(=O)N1C. The van der Waals surface area contributed by atoms with Gasteiger partial charge < -0.3 is 135 Å². The fourth-order valence-corrected chi connectivity index (χ4v) is 16.8. The molecule has 3 fully saturated rings. The van der Waals surface area contributed by atoms with E-state index in [9.17, 15) is 78.3 Å². The Labute approximate surface area is 774 Å². The number of aromatic nitrogens is 2. The molecule has 15 unspecified atom stereocenters. The minimum atomic E-state index is -1.96. The number of benzene rings is 4. The monoisotopic (exact) mass is 1880 g/mol. The largest absolute Gasteiger partial charge is 0.508 e. The van der Waals surface area contributed by atoms with E-state index >= 15 is 33.6 Å². The maximum absolute atomic E-state index is 15.8. The number of ether oxygens (including phenoxy) is 1. The number of aryl methyl sites for hydroxylation is 1. The van der Waals surface area contributed by atoms with E-state index in [4.69, 9.17) is 21.9 Å². The second-order valence-electron chi connectivity index (χ2n) is 33.2. The summed E-state index contributed by atoms with van der Waals surface area (Å²) in [4.78, 5) is 271. The second kappa shape index (κ2) is 49.1. The van der Waals surface area contributed by atoms with Gasteiger partial charge >= 0.3 is 11.9 Å². The van der Waals surface area contributed by atoms with Gasteiger partial charge in [-0.25, -0.2) is 0 Å². The number of phenols is 1. The highest BCUT2D eigenvalue weighted by molar-refractivity contribution is 8.00. The van der Waals surface area contributed by atoms with E-state index in [1.54, 1.807) is 85.9 Å². The number of phenolic OH excluding ortho intramolecular Hbond substituents is 1. The van der Waals surface area contributed by atoms with Crippen molar-refractivity contribution in [3.8, 4) is 11.5 Å². The fraction of sp³-hybridized carbons (Fsp3) is 0.483. The van der Waals surface area contributed by atoms with Gasteiger partial charge in [0.1, 0.15) is 103 Å². The summed E-state index contributed by atoms with van der Waals surface area (Å²) in [5.74, 6) is -20.8. The molecular formula is C89H118N20O24S. The van der Waals surface area contributed by atoms with Gasteiger partial charge in [0.05, 0.1) is 31.4 Å². The van der Waals surface area contributed by atoms with Crippen molar-refractivity contribution in [2.24, 2.45) is 17.2 Å². The number of rotatable bonds is 24. The third-order valence-electron chi connectivity index (χ3n) is 23.5. The Morgan fingerprint density at radius 2 is 1.12 bits per heavy atom. The van der Waals surface area contributed by atoms with Crippen LogP contribution < -0.4 is 75.1 Å². The first-order chi connectivity index (χ1) is 63.8. The number of aromatic amines is 2. The number of nitrogens with two attached hydrogens (primary N) is 3. The number of amides is 16. The number of carboxylic acids is 2. The Balaban J connectivity index is 1.10. The van der Waals surface area contributed by atoms with Crippen molar-refractivity contribution in [3.63, 3.8) is 0 Å². The van der Waals surface area contributed by atoms with E-state index in [0.717, 1.165) is 48.9 Å². The van der Waals surface area contributed by atoms with Gasteiger partial charge in [0.15, 0.2) is 0 Å². The van der Waals surface area contributed by atoms with Crippen LogP contribution in [0.1, 0.15) is 100 Å². The van der Waals surface area contributed by atoms with Crippen molar-refractivity contribution in [2.45, 2.75) is 195 Å². The maximum Gasteiger partial charge on any atom is 0.305 e. The van der Waals surface area contributed by atoms with Crippen molar-refractivity contribution in [1.82, 2.24) is 87.6 Å². The summed E-state index contributed by atoms with van der Waals surface area (Å²) >= 11 is 0.724. The van der Waals surface area contributed by atoms with E-state index in [2.05, 4.69) is 63.1 Å². The van der Waals surface area contributed by atoms with Crippen molar-refractivity contribution >= 4 is 140 Å². The summed E-state index contributed by atoms with van der Waals surface area (Å²) in [6.07, 6.45) is -2.19. The van der Waals surface area contributed by atoms with Crippen LogP contribution >= 0.6 is 11.8 Å². The molecule has 0 spiro atoms. The van der Waals surface area contributed by atoms with E-state index < -0.39 is 267 Å². The Morgan fingerprint density at radius 3 is 1.74 bits per heavy atom. The number of likely N-dealkylation sites (N-methyl/N-ethyl adjacent to an activating group) is 3. The highest BCUT2D eigenvalue weighted by Gasteiger charge is 2.47. The summed E-state index contributed by atoms with van der Waals surface area (Å²) < 4.78 is 6.22. The first kappa shape index (κ1) is 104. The van der Waals surface area contributed by atoms with E-state index in [1.165, 1.54) is 51.5 Å². The summed E-state index contributed by atoms with van der Waals surface area (Å²) in [5, 5.41) is 79.2. The first-order valence-electron chi connectivity index (χ1n) is 43.8. The number of carboxylic acid groups (broad SMARTS) is 2. The Morgan fingerprint density at radius 1 is 0.560 bits per heavy atom. The summed E-state index contributed by atoms with van der Waals surface area (Å²) in [6, 6.07) is 2.11. The van der Waals surface area contributed by atoms with E-state index in [-0.39, 0.29) is 76.0 Å². The zero-order valence-electron chi connectivity index (χ0n) is 75.0. The lowest BCUT2D eigenvalue weighted by atomic mass is 10.0. The van der Waals surface area contributed by atoms with Gasteiger partial charge in [-0.3, -0.25) is 86.3 Å². The average molecular weight is 1880 g/mol. The molecule has 9 rings (SSSR count). The number of aliphatic hydroxyl groups excluding tert-OH is 2. The summed E-state index contributed by atoms with van der Waals surface area (Å²) in [5.41, 5.74) is 20.8. The molecule has 0 radical (unpaired) electrons. The highest BCUT2D eigenvalue weighted by atomic mass is 32.2.